The molecule has 1 aromatic carbocycles. The first-order valence-electron chi connectivity index (χ1n) is 5.48. The van der Waals surface area contributed by atoms with Crippen LogP contribution in [0.3, 0.4) is 0 Å². The van der Waals surface area contributed by atoms with Gasteiger partial charge in [0.15, 0.2) is 0 Å². The van der Waals surface area contributed by atoms with E-state index in [9.17, 15) is 4.79 Å². The highest BCUT2D eigenvalue weighted by Crippen LogP contribution is 2.18. The summed E-state index contributed by atoms with van der Waals surface area (Å²) in [7, 11) is 3.39. The molecule has 1 N–H and O–H groups in total. The van der Waals surface area contributed by atoms with Crippen LogP contribution >= 0.6 is 0 Å². The molecule has 0 saturated carbocycles. The number of carbonyl (C=O) groups excluding carboxylic acids is 1. The number of urea groups is 1. The number of epoxide rings is 1. The van der Waals surface area contributed by atoms with Crippen molar-refractivity contribution in [1.82, 2.24) is 4.90 Å². The quantitative estimate of drug-likeness (QED) is 0.807. The Morgan fingerprint density at radius 3 is 2.65 bits per heavy atom. The number of hydrogen-bond acceptors (Lipinski definition) is 3. The van der Waals surface area contributed by atoms with Crippen molar-refractivity contribution in [3.63, 3.8) is 0 Å². The van der Waals surface area contributed by atoms with Crippen LogP contribution in [-0.2, 0) is 4.74 Å². The summed E-state index contributed by atoms with van der Waals surface area (Å²) in [6, 6.07) is 7.13. The molecule has 0 aromatic heterocycles. The van der Waals surface area contributed by atoms with Gasteiger partial charge in [0.25, 0.3) is 0 Å². The van der Waals surface area contributed by atoms with Crippen LogP contribution < -0.4 is 10.1 Å². The first-order valence-corrected chi connectivity index (χ1v) is 5.48. The number of nitrogens with zero attached hydrogens (tertiary/aromatic N) is 1. The number of hydrogen-bond donors (Lipinski definition) is 1. The first kappa shape index (κ1) is 11.7. The van der Waals surface area contributed by atoms with Crippen LogP contribution in [0.25, 0.3) is 0 Å². The topological polar surface area (TPSA) is 54.1 Å². The van der Waals surface area contributed by atoms with E-state index in [1.165, 1.54) is 4.90 Å². The summed E-state index contributed by atoms with van der Waals surface area (Å²) in [5.74, 6) is 0.781. The van der Waals surface area contributed by atoms with Crippen LogP contribution in [0.15, 0.2) is 24.3 Å². The van der Waals surface area contributed by atoms with Crippen molar-refractivity contribution < 1.29 is 14.3 Å². The largest absolute Gasteiger partial charge is 0.491 e. The van der Waals surface area contributed by atoms with E-state index in [4.69, 9.17) is 9.47 Å². The number of ether oxygens (including phenoxy) is 2. The van der Waals surface area contributed by atoms with Crippen LogP contribution in [0.5, 0.6) is 5.75 Å². The van der Waals surface area contributed by atoms with E-state index in [0.29, 0.717) is 6.61 Å². The monoisotopic (exact) mass is 236 g/mol. The molecule has 1 saturated heterocycles. The third-order valence-corrected chi connectivity index (χ3v) is 2.35. The van der Waals surface area contributed by atoms with Crippen molar-refractivity contribution in [2.24, 2.45) is 0 Å². The summed E-state index contributed by atoms with van der Waals surface area (Å²) >= 11 is 0. The Labute approximate surface area is 100 Å². The van der Waals surface area contributed by atoms with Crippen molar-refractivity contribution in [3.8, 4) is 5.75 Å². The maximum Gasteiger partial charge on any atom is 0.321 e. The fourth-order valence-electron chi connectivity index (χ4n) is 1.22. The Balaban J connectivity index is 1.85. The third kappa shape index (κ3) is 3.64. The Morgan fingerprint density at radius 2 is 2.12 bits per heavy atom. The third-order valence-electron chi connectivity index (χ3n) is 2.35. The van der Waals surface area contributed by atoms with Crippen LogP contribution in [0, 0.1) is 0 Å². The van der Waals surface area contributed by atoms with Gasteiger partial charge in [-0.05, 0) is 24.3 Å². The van der Waals surface area contributed by atoms with E-state index in [-0.39, 0.29) is 12.1 Å². The van der Waals surface area contributed by atoms with Crippen molar-refractivity contribution in [1.29, 1.82) is 0 Å². The van der Waals surface area contributed by atoms with Gasteiger partial charge < -0.3 is 19.7 Å². The number of nitrogens with one attached hydrogen (secondary N) is 1. The number of amides is 2. The highest BCUT2D eigenvalue weighted by Gasteiger charge is 2.22. The minimum Gasteiger partial charge on any atom is -0.491 e. The number of anilines is 1. The lowest BCUT2D eigenvalue weighted by Crippen LogP contribution is -2.27. The van der Waals surface area contributed by atoms with E-state index in [0.717, 1.165) is 18.0 Å². The molecule has 0 spiro atoms. The number of carbonyl (C=O) groups is 1. The van der Waals surface area contributed by atoms with Crippen molar-refractivity contribution in [2.45, 2.75) is 6.10 Å². The van der Waals surface area contributed by atoms with Crippen molar-refractivity contribution in [3.05, 3.63) is 24.3 Å². The molecule has 0 bridgehead atoms. The molecule has 5 heteroatoms. The van der Waals surface area contributed by atoms with Crippen LogP contribution in [0.2, 0.25) is 0 Å². The van der Waals surface area contributed by atoms with Gasteiger partial charge in [0.05, 0.1) is 6.61 Å². The summed E-state index contributed by atoms with van der Waals surface area (Å²) < 4.78 is 10.5. The Bertz CT molecular complexity index is 385. The average Bonchev–Trinajstić information content (AvgIpc) is 3.12. The SMILES string of the molecule is CN(C)C(=O)Nc1ccc(OCC2CO2)cc1. The molecule has 92 valence electrons. The molecule has 1 fully saturated rings. The summed E-state index contributed by atoms with van der Waals surface area (Å²) in [5, 5.41) is 2.75. The molecule has 0 radical (unpaired) electrons. The van der Waals surface area contributed by atoms with Gasteiger partial charge in [-0.3, -0.25) is 0 Å². The van der Waals surface area contributed by atoms with Gasteiger partial charge in [0.1, 0.15) is 18.5 Å². The predicted octanol–water partition coefficient (Wildman–Crippen LogP) is 1.56. The molecular formula is C12H16N2O3. The zero-order valence-electron chi connectivity index (χ0n) is 9.97. The van der Waals surface area contributed by atoms with Gasteiger partial charge in [-0.15, -0.1) is 0 Å². The minimum atomic E-state index is -0.148. The maximum atomic E-state index is 11.4. The molecule has 1 aliphatic heterocycles. The second-order valence-corrected chi connectivity index (χ2v) is 4.12. The standard InChI is InChI=1S/C12H16N2O3/c1-14(2)12(15)13-9-3-5-10(6-4-9)16-7-11-8-17-11/h3-6,11H,7-8H2,1-2H3,(H,13,15). The second kappa shape index (κ2) is 5.05. The van der Waals surface area contributed by atoms with Gasteiger partial charge in [-0.2, -0.15) is 0 Å². The van der Waals surface area contributed by atoms with Crippen molar-refractivity contribution >= 4 is 11.7 Å². The molecule has 17 heavy (non-hydrogen) atoms. The number of rotatable bonds is 4. The minimum absolute atomic E-state index is 0.148. The zero-order chi connectivity index (χ0) is 12.3. The molecule has 1 heterocycles. The zero-order valence-corrected chi connectivity index (χ0v) is 9.97. The molecular weight excluding hydrogens is 220 g/mol. The first-order chi connectivity index (χ1) is 8.15. The Hall–Kier alpha value is -1.75. The van der Waals surface area contributed by atoms with E-state index in [1.54, 1.807) is 14.1 Å². The molecule has 1 unspecified atom stereocenters. The lowest BCUT2D eigenvalue weighted by Gasteiger charge is -2.12. The predicted molar refractivity (Wildman–Crippen MR) is 64.4 cm³/mol. The van der Waals surface area contributed by atoms with Crippen LogP contribution in [0.1, 0.15) is 0 Å². The van der Waals surface area contributed by atoms with Gasteiger partial charge in [0, 0.05) is 19.8 Å². The Morgan fingerprint density at radius 1 is 1.47 bits per heavy atom. The fourth-order valence-corrected chi connectivity index (χ4v) is 1.22. The molecule has 5 nitrogen and oxygen atoms in total. The lowest BCUT2D eigenvalue weighted by atomic mass is 10.3. The van der Waals surface area contributed by atoms with Crippen molar-refractivity contribution in [2.75, 3.05) is 32.6 Å². The maximum absolute atomic E-state index is 11.4. The average molecular weight is 236 g/mol. The smallest absolute Gasteiger partial charge is 0.321 e. The summed E-state index contributed by atoms with van der Waals surface area (Å²) in [4.78, 5) is 12.9. The molecule has 0 aliphatic carbocycles. The van der Waals surface area contributed by atoms with E-state index in [2.05, 4.69) is 5.32 Å². The molecule has 2 amide bonds. The van der Waals surface area contributed by atoms with Crippen LogP contribution in [-0.4, -0.2) is 44.3 Å². The number of benzene rings is 1. The summed E-state index contributed by atoms with van der Waals surface area (Å²) in [6.45, 7) is 1.38. The summed E-state index contributed by atoms with van der Waals surface area (Å²) in [6.07, 6.45) is 0.253. The van der Waals surface area contributed by atoms with Gasteiger partial charge in [0.2, 0.25) is 0 Å². The lowest BCUT2D eigenvalue weighted by molar-refractivity contribution is 0.230. The van der Waals surface area contributed by atoms with Gasteiger partial charge >= 0.3 is 6.03 Å². The highest BCUT2D eigenvalue weighted by atomic mass is 16.6. The molecule has 1 atom stereocenters. The van der Waals surface area contributed by atoms with Gasteiger partial charge in [-0.1, -0.05) is 0 Å². The van der Waals surface area contributed by atoms with Crippen LogP contribution in [0.4, 0.5) is 10.5 Å². The van der Waals surface area contributed by atoms with Gasteiger partial charge in [-0.25, -0.2) is 4.79 Å². The highest BCUT2D eigenvalue weighted by molar-refractivity contribution is 5.88. The fraction of sp³-hybridized carbons (Fsp3) is 0.417. The molecule has 1 aromatic rings. The van der Waals surface area contributed by atoms with E-state index in [1.807, 2.05) is 24.3 Å². The van der Waals surface area contributed by atoms with E-state index >= 15 is 0 Å². The molecule has 2 rings (SSSR count). The second-order valence-electron chi connectivity index (χ2n) is 4.12. The normalized spacial score (nSPS) is 17.4. The Kier molecular flexibility index (Phi) is 3.49. The summed E-state index contributed by atoms with van der Waals surface area (Å²) in [5.41, 5.74) is 0.749. The van der Waals surface area contributed by atoms with E-state index < -0.39 is 0 Å². The molecule has 1 aliphatic rings.